The number of carbonyl (C=O) groups is 1. The van der Waals surface area contributed by atoms with Crippen molar-refractivity contribution in [2.75, 3.05) is 4.90 Å². The van der Waals surface area contributed by atoms with Gasteiger partial charge in [-0.15, -0.1) is 10.2 Å². The van der Waals surface area contributed by atoms with Crippen molar-refractivity contribution in [3.05, 3.63) is 88.7 Å². The van der Waals surface area contributed by atoms with Gasteiger partial charge >= 0.3 is 12.2 Å². The number of hydrogen-bond donors (Lipinski definition) is 2. The average molecular weight is 505 g/mol. The highest BCUT2D eigenvalue weighted by molar-refractivity contribution is 9.10. The lowest BCUT2D eigenvalue weighted by atomic mass is 9.74. The number of anilines is 1. The zero-order valence-electron chi connectivity index (χ0n) is 16.3. The maximum absolute atomic E-state index is 15.0. The van der Waals surface area contributed by atoms with E-state index in [0.717, 1.165) is 6.08 Å². The Morgan fingerprint density at radius 1 is 1.12 bits per heavy atom. The lowest BCUT2D eigenvalue weighted by Gasteiger charge is -2.46. The molecule has 0 bridgehead atoms. The topological polar surface area (TPSA) is 101 Å². The fourth-order valence-electron chi connectivity index (χ4n) is 3.82. The van der Waals surface area contributed by atoms with Gasteiger partial charge in [0.05, 0.1) is 11.6 Å². The highest BCUT2D eigenvalue weighted by Gasteiger charge is 2.65. The number of nitrogens with zero attached hydrogens (tertiary/aromatic N) is 4. The number of nitrogens with two attached hydrogens (primary N) is 1. The number of hydrogen-bond acceptors (Lipinski definition) is 4. The van der Waals surface area contributed by atoms with E-state index in [2.05, 4.69) is 36.6 Å². The number of alkyl halides is 3. The van der Waals surface area contributed by atoms with E-state index < -0.39 is 23.7 Å². The third-order valence-electron chi connectivity index (χ3n) is 5.22. The highest BCUT2D eigenvalue weighted by atomic mass is 79.9. The summed E-state index contributed by atoms with van der Waals surface area (Å²) >= 11 is 3.23. The van der Waals surface area contributed by atoms with Gasteiger partial charge in [-0.2, -0.15) is 18.4 Å². The minimum absolute atomic E-state index is 0.0490. The van der Waals surface area contributed by atoms with Crippen LogP contribution in [-0.4, -0.2) is 38.4 Å². The van der Waals surface area contributed by atoms with Gasteiger partial charge in [0.15, 0.2) is 11.4 Å². The molecule has 11 heteroatoms. The van der Waals surface area contributed by atoms with E-state index in [9.17, 15) is 18.0 Å². The van der Waals surface area contributed by atoms with E-state index in [1.54, 1.807) is 36.4 Å². The monoisotopic (exact) mass is 504 g/mol. The number of urea groups is 1. The number of benzene rings is 2. The van der Waals surface area contributed by atoms with Crippen LogP contribution in [0.4, 0.5) is 23.7 Å². The van der Waals surface area contributed by atoms with E-state index in [1.165, 1.54) is 30.4 Å². The molecule has 0 fully saturated rings. The van der Waals surface area contributed by atoms with Gasteiger partial charge in [-0.05, 0) is 45.3 Å². The maximum Gasteiger partial charge on any atom is 0.416 e. The first-order valence-corrected chi connectivity index (χ1v) is 10.2. The predicted octanol–water partition coefficient (Wildman–Crippen LogP) is 4.59. The van der Waals surface area contributed by atoms with Crippen LogP contribution >= 0.6 is 15.9 Å². The van der Waals surface area contributed by atoms with Gasteiger partial charge < -0.3 is 5.73 Å². The van der Waals surface area contributed by atoms with Gasteiger partial charge in [-0.25, -0.2) is 4.79 Å². The van der Waals surface area contributed by atoms with Crippen LogP contribution in [0.5, 0.6) is 0 Å². The number of allylic oxidation sites excluding steroid dienone is 2. The van der Waals surface area contributed by atoms with Crippen molar-refractivity contribution in [3.63, 3.8) is 0 Å². The lowest BCUT2D eigenvalue weighted by molar-refractivity contribution is -0.174. The molecule has 3 N–H and O–H groups in total. The number of aromatic amines is 1. The summed E-state index contributed by atoms with van der Waals surface area (Å²) in [5, 5.41) is 13.3. The SMILES string of the molecule is NC(=O)N(c1ccccc1Br)C1(C(F)(F)F)C=CC(c2ccccc2)=CC1c1nn[nH]n1. The number of para-hydroxylation sites is 1. The Morgan fingerprint density at radius 2 is 1.81 bits per heavy atom. The number of primary amides is 1. The van der Waals surface area contributed by atoms with E-state index >= 15 is 0 Å². The summed E-state index contributed by atoms with van der Waals surface area (Å²) in [5.74, 6) is -1.78. The van der Waals surface area contributed by atoms with Crippen molar-refractivity contribution in [3.8, 4) is 0 Å². The third kappa shape index (κ3) is 3.58. The molecular formula is C21H16BrF3N6O. The summed E-state index contributed by atoms with van der Waals surface area (Å²) in [6.45, 7) is 0. The number of halogens is 4. The van der Waals surface area contributed by atoms with Crippen LogP contribution in [0.25, 0.3) is 5.57 Å². The van der Waals surface area contributed by atoms with Crippen molar-refractivity contribution < 1.29 is 18.0 Å². The Bertz CT molecular complexity index is 1180. The molecule has 7 nitrogen and oxygen atoms in total. The summed E-state index contributed by atoms with van der Waals surface area (Å²) in [6, 6.07) is 13.6. The van der Waals surface area contributed by atoms with Gasteiger partial charge in [0.1, 0.15) is 0 Å². The highest BCUT2D eigenvalue weighted by Crippen LogP contribution is 2.52. The molecule has 3 aromatic rings. The van der Waals surface area contributed by atoms with Crippen LogP contribution in [-0.2, 0) is 0 Å². The third-order valence-corrected chi connectivity index (χ3v) is 5.89. The van der Waals surface area contributed by atoms with Crippen LogP contribution < -0.4 is 10.6 Å². The van der Waals surface area contributed by atoms with Gasteiger partial charge in [0.2, 0.25) is 0 Å². The second kappa shape index (κ2) is 8.23. The smallest absolute Gasteiger partial charge is 0.351 e. The Labute approximate surface area is 188 Å². The fourth-order valence-corrected chi connectivity index (χ4v) is 4.29. The quantitative estimate of drug-likeness (QED) is 0.542. The summed E-state index contributed by atoms with van der Waals surface area (Å²) in [7, 11) is 0. The predicted molar refractivity (Wildman–Crippen MR) is 115 cm³/mol. The van der Waals surface area contributed by atoms with Crippen molar-refractivity contribution >= 4 is 33.2 Å². The largest absolute Gasteiger partial charge is 0.416 e. The number of amides is 2. The van der Waals surface area contributed by atoms with Crippen molar-refractivity contribution in [1.29, 1.82) is 0 Å². The minimum Gasteiger partial charge on any atom is -0.351 e. The lowest BCUT2D eigenvalue weighted by Crippen LogP contribution is -2.65. The van der Waals surface area contributed by atoms with Crippen LogP contribution in [0, 0.1) is 0 Å². The molecule has 164 valence electrons. The standard InChI is InChI=1S/C21H16BrF3N6O/c22-16-8-4-5-9-17(16)31(19(26)32)20(21(23,24)25)11-10-14(13-6-2-1-3-7-13)12-15(20)18-27-29-30-28-18/h1-12,15H,(H2,26,32)(H,27,28,29,30). The Kier molecular flexibility index (Phi) is 5.59. The zero-order chi connectivity index (χ0) is 22.9. The maximum atomic E-state index is 15.0. The molecule has 4 rings (SSSR count). The van der Waals surface area contributed by atoms with Crippen molar-refractivity contribution in [1.82, 2.24) is 20.6 Å². The molecule has 0 radical (unpaired) electrons. The van der Waals surface area contributed by atoms with Gasteiger partial charge in [0.25, 0.3) is 0 Å². The van der Waals surface area contributed by atoms with Gasteiger partial charge in [0, 0.05) is 4.47 Å². The second-order valence-corrected chi connectivity index (χ2v) is 7.87. The molecule has 0 saturated carbocycles. The Morgan fingerprint density at radius 3 is 2.41 bits per heavy atom. The molecule has 2 amide bonds. The molecule has 32 heavy (non-hydrogen) atoms. The summed E-state index contributed by atoms with van der Waals surface area (Å²) in [6.07, 6.45) is -1.33. The molecule has 1 heterocycles. The van der Waals surface area contributed by atoms with Crippen molar-refractivity contribution in [2.24, 2.45) is 5.73 Å². The fraction of sp³-hybridized carbons (Fsp3) is 0.143. The second-order valence-electron chi connectivity index (χ2n) is 7.02. The summed E-state index contributed by atoms with van der Waals surface area (Å²) < 4.78 is 45.2. The molecule has 2 unspecified atom stereocenters. The van der Waals surface area contributed by atoms with Crippen LogP contribution in [0.3, 0.4) is 0 Å². The van der Waals surface area contributed by atoms with Crippen molar-refractivity contribution in [2.45, 2.75) is 17.6 Å². The molecule has 1 aliphatic rings. The minimum atomic E-state index is -4.96. The average Bonchev–Trinajstić information content (AvgIpc) is 3.30. The van der Waals surface area contributed by atoms with E-state index in [4.69, 9.17) is 5.73 Å². The number of nitrogens with one attached hydrogen (secondary N) is 1. The first kappa shape index (κ1) is 21.8. The molecule has 1 aromatic heterocycles. The van der Waals surface area contributed by atoms with Gasteiger partial charge in [-0.1, -0.05) is 59.8 Å². The number of carbonyl (C=O) groups excluding carboxylic acids is 1. The van der Waals surface area contributed by atoms with E-state index in [1.807, 2.05) is 0 Å². The normalized spacial score (nSPS) is 20.6. The number of rotatable bonds is 4. The van der Waals surface area contributed by atoms with Crippen LogP contribution in [0.2, 0.25) is 0 Å². The first-order valence-electron chi connectivity index (χ1n) is 9.36. The Hall–Kier alpha value is -3.47. The summed E-state index contributed by atoms with van der Waals surface area (Å²) in [5.41, 5.74) is 3.80. The molecular weight excluding hydrogens is 489 g/mol. The summed E-state index contributed by atoms with van der Waals surface area (Å²) in [4.78, 5) is 13.1. The first-order chi connectivity index (χ1) is 15.3. The molecule has 0 spiro atoms. The zero-order valence-corrected chi connectivity index (χ0v) is 17.9. The molecule has 0 aliphatic heterocycles. The van der Waals surface area contributed by atoms with E-state index in [-0.39, 0.29) is 16.0 Å². The number of tetrazole rings is 1. The van der Waals surface area contributed by atoms with Crippen LogP contribution in [0.1, 0.15) is 17.3 Å². The molecule has 2 aromatic carbocycles. The Balaban J connectivity index is 2.00. The number of H-pyrrole nitrogens is 1. The van der Waals surface area contributed by atoms with E-state index in [0.29, 0.717) is 16.0 Å². The molecule has 0 saturated heterocycles. The van der Waals surface area contributed by atoms with Crippen LogP contribution in [0.15, 0.2) is 77.3 Å². The van der Waals surface area contributed by atoms with Gasteiger partial charge in [-0.3, -0.25) is 4.90 Å². The molecule has 1 aliphatic carbocycles. The molecule has 2 atom stereocenters. The number of aromatic nitrogens is 4.